The van der Waals surface area contributed by atoms with Crippen molar-refractivity contribution in [2.45, 2.75) is 32.6 Å². The number of ether oxygens (including phenoxy) is 1. The molecule has 1 fully saturated rings. The molecule has 98 valence electrons. The number of aryl methyl sites for hydroxylation is 1. The average molecular weight is 247 g/mol. The molecule has 1 aliphatic carbocycles. The normalized spacial score (nSPS) is 15.6. The third-order valence-corrected chi connectivity index (χ3v) is 3.39. The van der Waals surface area contributed by atoms with Crippen molar-refractivity contribution in [2.24, 2.45) is 5.92 Å². The van der Waals surface area contributed by atoms with Crippen molar-refractivity contribution >= 4 is 5.91 Å². The van der Waals surface area contributed by atoms with E-state index in [0.29, 0.717) is 13.2 Å². The first-order chi connectivity index (χ1) is 8.75. The molecule has 3 nitrogen and oxygen atoms in total. The fourth-order valence-electron chi connectivity index (χ4n) is 2.38. The SMILES string of the molecule is Cc1cccc(OCCNC(=O)C2CCCC2)c1. The Bertz CT molecular complexity index is 397. The van der Waals surface area contributed by atoms with Crippen LogP contribution in [-0.2, 0) is 4.79 Å². The van der Waals surface area contributed by atoms with Crippen molar-refractivity contribution in [1.82, 2.24) is 5.32 Å². The van der Waals surface area contributed by atoms with E-state index in [-0.39, 0.29) is 11.8 Å². The van der Waals surface area contributed by atoms with Crippen LogP contribution in [0, 0.1) is 12.8 Å². The second-order valence-electron chi connectivity index (χ2n) is 4.94. The molecule has 0 bridgehead atoms. The van der Waals surface area contributed by atoms with Gasteiger partial charge in [0.05, 0.1) is 6.54 Å². The highest BCUT2D eigenvalue weighted by molar-refractivity contribution is 5.78. The fourth-order valence-corrected chi connectivity index (χ4v) is 2.38. The van der Waals surface area contributed by atoms with Crippen molar-refractivity contribution in [3.63, 3.8) is 0 Å². The highest BCUT2D eigenvalue weighted by Crippen LogP contribution is 2.24. The van der Waals surface area contributed by atoms with Crippen LogP contribution in [-0.4, -0.2) is 19.1 Å². The van der Waals surface area contributed by atoms with Gasteiger partial charge < -0.3 is 10.1 Å². The van der Waals surface area contributed by atoms with E-state index in [0.717, 1.165) is 18.6 Å². The van der Waals surface area contributed by atoms with Crippen molar-refractivity contribution in [3.05, 3.63) is 29.8 Å². The van der Waals surface area contributed by atoms with Crippen LogP contribution in [0.5, 0.6) is 5.75 Å². The summed E-state index contributed by atoms with van der Waals surface area (Å²) in [5.41, 5.74) is 1.18. The van der Waals surface area contributed by atoms with Gasteiger partial charge in [0.25, 0.3) is 0 Å². The molecule has 0 atom stereocenters. The first-order valence-corrected chi connectivity index (χ1v) is 6.73. The number of rotatable bonds is 5. The molecule has 1 saturated carbocycles. The van der Waals surface area contributed by atoms with E-state index in [1.54, 1.807) is 0 Å². The summed E-state index contributed by atoms with van der Waals surface area (Å²) >= 11 is 0. The Morgan fingerprint density at radius 3 is 2.89 bits per heavy atom. The van der Waals surface area contributed by atoms with E-state index in [1.165, 1.54) is 18.4 Å². The molecule has 1 aliphatic rings. The van der Waals surface area contributed by atoms with Gasteiger partial charge in [-0.2, -0.15) is 0 Å². The lowest BCUT2D eigenvalue weighted by Gasteiger charge is -2.11. The molecule has 0 heterocycles. The number of carbonyl (C=O) groups is 1. The molecule has 0 aliphatic heterocycles. The number of amides is 1. The van der Waals surface area contributed by atoms with E-state index in [9.17, 15) is 4.79 Å². The Morgan fingerprint density at radius 2 is 2.17 bits per heavy atom. The van der Waals surface area contributed by atoms with Crippen LogP contribution >= 0.6 is 0 Å². The number of hydrogen-bond donors (Lipinski definition) is 1. The third-order valence-electron chi connectivity index (χ3n) is 3.39. The van der Waals surface area contributed by atoms with Crippen LogP contribution in [0.2, 0.25) is 0 Å². The molecular weight excluding hydrogens is 226 g/mol. The zero-order valence-corrected chi connectivity index (χ0v) is 10.9. The summed E-state index contributed by atoms with van der Waals surface area (Å²) in [6, 6.07) is 7.95. The van der Waals surface area contributed by atoms with Gasteiger partial charge in [-0.25, -0.2) is 0 Å². The molecule has 0 unspecified atom stereocenters. The highest BCUT2D eigenvalue weighted by Gasteiger charge is 2.21. The molecule has 1 aromatic carbocycles. The largest absolute Gasteiger partial charge is 0.492 e. The molecule has 1 aromatic rings. The van der Waals surface area contributed by atoms with Crippen LogP contribution in [0.3, 0.4) is 0 Å². The van der Waals surface area contributed by atoms with Gasteiger partial charge in [-0.3, -0.25) is 4.79 Å². The summed E-state index contributed by atoms with van der Waals surface area (Å²) in [5, 5.41) is 2.95. The molecule has 3 heteroatoms. The summed E-state index contributed by atoms with van der Waals surface area (Å²) < 4.78 is 5.59. The smallest absolute Gasteiger partial charge is 0.223 e. The van der Waals surface area contributed by atoms with E-state index in [4.69, 9.17) is 4.74 Å². The molecule has 18 heavy (non-hydrogen) atoms. The van der Waals surface area contributed by atoms with Crippen molar-refractivity contribution < 1.29 is 9.53 Å². The first-order valence-electron chi connectivity index (χ1n) is 6.73. The topological polar surface area (TPSA) is 38.3 Å². The van der Waals surface area contributed by atoms with Crippen LogP contribution in [0.15, 0.2) is 24.3 Å². The molecule has 2 rings (SSSR count). The predicted molar refractivity (Wildman–Crippen MR) is 71.6 cm³/mol. The minimum Gasteiger partial charge on any atom is -0.492 e. The summed E-state index contributed by atoms with van der Waals surface area (Å²) in [4.78, 5) is 11.7. The number of benzene rings is 1. The molecule has 1 N–H and O–H groups in total. The Morgan fingerprint density at radius 1 is 1.39 bits per heavy atom. The lowest BCUT2D eigenvalue weighted by atomic mass is 10.1. The Balaban J connectivity index is 1.65. The summed E-state index contributed by atoms with van der Waals surface area (Å²) in [6.07, 6.45) is 4.48. The maximum atomic E-state index is 11.7. The van der Waals surface area contributed by atoms with Crippen LogP contribution < -0.4 is 10.1 Å². The van der Waals surface area contributed by atoms with Gasteiger partial charge in [-0.1, -0.05) is 25.0 Å². The second kappa shape index (κ2) is 6.43. The first kappa shape index (κ1) is 12.9. The van der Waals surface area contributed by atoms with Gasteiger partial charge >= 0.3 is 0 Å². The van der Waals surface area contributed by atoms with Crippen LogP contribution in [0.4, 0.5) is 0 Å². The minimum absolute atomic E-state index is 0.195. The second-order valence-corrected chi connectivity index (χ2v) is 4.94. The zero-order chi connectivity index (χ0) is 12.8. The van der Waals surface area contributed by atoms with E-state index < -0.39 is 0 Å². The van der Waals surface area contributed by atoms with Crippen molar-refractivity contribution in [3.8, 4) is 5.75 Å². The van der Waals surface area contributed by atoms with Gasteiger partial charge in [0, 0.05) is 5.92 Å². The summed E-state index contributed by atoms with van der Waals surface area (Å²) in [5.74, 6) is 1.30. The molecule has 0 spiro atoms. The Labute approximate surface area is 109 Å². The molecule has 0 saturated heterocycles. The van der Waals surface area contributed by atoms with Gasteiger partial charge in [-0.05, 0) is 37.5 Å². The van der Waals surface area contributed by atoms with Gasteiger partial charge in [0.1, 0.15) is 12.4 Å². The van der Waals surface area contributed by atoms with Crippen LogP contribution in [0.1, 0.15) is 31.2 Å². The molecule has 1 amide bonds. The standard InChI is InChI=1S/C15H21NO2/c1-12-5-4-8-14(11-12)18-10-9-16-15(17)13-6-2-3-7-13/h4-5,8,11,13H,2-3,6-7,9-10H2,1H3,(H,16,17). The fraction of sp³-hybridized carbons (Fsp3) is 0.533. The van der Waals surface area contributed by atoms with E-state index in [1.807, 2.05) is 31.2 Å². The quantitative estimate of drug-likeness (QED) is 0.812. The molecule has 0 aromatic heterocycles. The monoisotopic (exact) mass is 247 g/mol. The molecular formula is C15H21NO2. The zero-order valence-electron chi connectivity index (χ0n) is 10.9. The number of carbonyl (C=O) groups excluding carboxylic acids is 1. The van der Waals surface area contributed by atoms with Crippen LogP contribution in [0.25, 0.3) is 0 Å². The number of hydrogen-bond acceptors (Lipinski definition) is 2. The van der Waals surface area contributed by atoms with E-state index >= 15 is 0 Å². The van der Waals surface area contributed by atoms with Crippen molar-refractivity contribution in [1.29, 1.82) is 0 Å². The van der Waals surface area contributed by atoms with Gasteiger partial charge in [0.15, 0.2) is 0 Å². The average Bonchev–Trinajstić information content (AvgIpc) is 2.88. The summed E-state index contributed by atoms with van der Waals surface area (Å²) in [6.45, 7) is 3.15. The lowest BCUT2D eigenvalue weighted by Crippen LogP contribution is -2.32. The summed E-state index contributed by atoms with van der Waals surface area (Å²) in [7, 11) is 0. The van der Waals surface area contributed by atoms with Gasteiger partial charge in [0.2, 0.25) is 5.91 Å². The maximum Gasteiger partial charge on any atom is 0.223 e. The Hall–Kier alpha value is -1.51. The Kier molecular flexibility index (Phi) is 4.62. The lowest BCUT2D eigenvalue weighted by molar-refractivity contribution is -0.124. The highest BCUT2D eigenvalue weighted by atomic mass is 16.5. The van der Waals surface area contributed by atoms with E-state index in [2.05, 4.69) is 5.32 Å². The van der Waals surface area contributed by atoms with Gasteiger partial charge in [-0.15, -0.1) is 0 Å². The maximum absolute atomic E-state index is 11.7. The third kappa shape index (κ3) is 3.76. The molecule has 0 radical (unpaired) electrons. The number of nitrogens with one attached hydrogen (secondary N) is 1. The predicted octanol–water partition coefficient (Wildman–Crippen LogP) is 2.68. The van der Waals surface area contributed by atoms with Crippen molar-refractivity contribution in [2.75, 3.05) is 13.2 Å². The minimum atomic E-state index is 0.195.